The number of benzene rings is 2. The zero-order valence-corrected chi connectivity index (χ0v) is 12.9. The van der Waals surface area contributed by atoms with Crippen molar-refractivity contribution in [3.8, 4) is 0 Å². The summed E-state index contributed by atoms with van der Waals surface area (Å²) >= 11 is 0. The number of aryl methyl sites for hydroxylation is 1. The zero-order valence-electron chi connectivity index (χ0n) is 12.9. The van der Waals surface area contributed by atoms with Gasteiger partial charge in [0.25, 0.3) is 0 Å². The van der Waals surface area contributed by atoms with Gasteiger partial charge >= 0.3 is 0 Å². The van der Waals surface area contributed by atoms with E-state index >= 15 is 0 Å². The molecule has 1 N–H and O–H groups in total. The van der Waals surface area contributed by atoms with Gasteiger partial charge < -0.3 is 5.32 Å². The maximum atomic E-state index is 13.6. The molecule has 3 nitrogen and oxygen atoms in total. The smallest absolute Gasteiger partial charge is 0.238 e. The summed E-state index contributed by atoms with van der Waals surface area (Å²) in [6.07, 6.45) is 1.95. The first-order valence-corrected chi connectivity index (χ1v) is 7.57. The van der Waals surface area contributed by atoms with Crippen LogP contribution in [0.2, 0.25) is 0 Å². The van der Waals surface area contributed by atoms with Crippen molar-refractivity contribution in [3.63, 3.8) is 0 Å². The van der Waals surface area contributed by atoms with Crippen LogP contribution in [0.1, 0.15) is 23.6 Å². The van der Waals surface area contributed by atoms with Crippen molar-refractivity contribution in [1.29, 1.82) is 0 Å². The molecule has 0 saturated carbocycles. The average Bonchev–Trinajstić information content (AvgIpc) is 2.95. The van der Waals surface area contributed by atoms with Crippen molar-refractivity contribution in [3.05, 3.63) is 65.2 Å². The average molecular weight is 316 g/mol. The van der Waals surface area contributed by atoms with E-state index < -0.39 is 11.6 Å². The molecule has 1 amide bonds. The van der Waals surface area contributed by atoms with Gasteiger partial charge in [-0.15, -0.1) is 0 Å². The number of amides is 1. The Morgan fingerprint density at radius 2 is 2.04 bits per heavy atom. The fourth-order valence-electron chi connectivity index (χ4n) is 3.11. The van der Waals surface area contributed by atoms with Gasteiger partial charge in [-0.1, -0.05) is 24.3 Å². The zero-order chi connectivity index (χ0) is 16.4. The molecule has 2 aromatic carbocycles. The van der Waals surface area contributed by atoms with Crippen molar-refractivity contribution < 1.29 is 13.6 Å². The van der Waals surface area contributed by atoms with E-state index in [-0.39, 0.29) is 24.2 Å². The van der Waals surface area contributed by atoms with Gasteiger partial charge in [-0.05, 0) is 43.1 Å². The Morgan fingerprint density at radius 1 is 1.26 bits per heavy atom. The van der Waals surface area contributed by atoms with Crippen LogP contribution in [0, 0.1) is 11.6 Å². The van der Waals surface area contributed by atoms with Gasteiger partial charge in [-0.25, -0.2) is 8.78 Å². The molecule has 1 atom stereocenters. The van der Waals surface area contributed by atoms with Gasteiger partial charge in [0.1, 0.15) is 11.6 Å². The minimum Gasteiger partial charge on any atom is -0.322 e. The molecular formula is C18H18F2N2O. The van der Waals surface area contributed by atoms with Gasteiger partial charge in [0, 0.05) is 12.1 Å². The number of likely N-dealkylation sites (N-methyl/N-ethyl adjacent to an activating group) is 1. The van der Waals surface area contributed by atoms with Crippen LogP contribution in [-0.2, 0) is 11.2 Å². The molecule has 1 unspecified atom stereocenters. The molecule has 0 aromatic heterocycles. The van der Waals surface area contributed by atoms with Gasteiger partial charge in [0.05, 0.1) is 12.2 Å². The van der Waals surface area contributed by atoms with Crippen molar-refractivity contribution in [2.75, 3.05) is 18.9 Å². The highest BCUT2D eigenvalue weighted by Gasteiger charge is 2.26. The lowest BCUT2D eigenvalue weighted by atomic mass is 10.1. The van der Waals surface area contributed by atoms with Crippen molar-refractivity contribution in [1.82, 2.24) is 4.90 Å². The Balaban J connectivity index is 1.65. The first-order chi connectivity index (χ1) is 11.0. The van der Waals surface area contributed by atoms with E-state index in [2.05, 4.69) is 17.4 Å². The highest BCUT2D eigenvalue weighted by Crippen LogP contribution is 2.34. The Labute approximate surface area is 133 Å². The number of carbonyl (C=O) groups excluding carboxylic acids is 1. The van der Waals surface area contributed by atoms with Gasteiger partial charge in [-0.2, -0.15) is 0 Å². The molecule has 1 aliphatic rings. The van der Waals surface area contributed by atoms with Gasteiger partial charge in [-0.3, -0.25) is 9.69 Å². The lowest BCUT2D eigenvalue weighted by molar-refractivity contribution is -0.117. The lowest BCUT2D eigenvalue weighted by Gasteiger charge is -2.24. The number of hydrogen-bond donors (Lipinski definition) is 1. The number of halogens is 2. The molecule has 2 aromatic rings. The number of rotatable bonds is 4. The Kier molecular flexibility index (Phi) is 4.39. The predicted octanol–water partition coefficient (Wildman–Crippen LogP) is 3.52. The summed E-state index contributed by atoms with van der Waals surface area (Å²) in [4.78, 5) is 14.1. The normalized spacial score (nSPS) is 16.4. The molecule has 5 heteroatoms. The molecule has 0 saturated heterocycles. The third-order valence-corrected chi connectivity index (χ3v) is 4.23. The van der Waals surface area contributed by atoms with E-state index in [1.165, 1.54) is 11.1 Å². The Bertz CT molecular complexity index is 733. The molecule has 1 aliphatic carbocycles. The number of carbonyl (C=O) groups is 1. The van der Waals surface area contributed by atoms with E-state index in [1.807, 2.05) is 24.1 Å². The maximum absolute atomic E-state index is 13.6. The van der Waals surface area contributed by atoms with Crippen LogP contribution in [0.5, 0.6) is 0 Å². The van der Waals surface area contributed by atoms with Gasteiger partial charge in [0.15, 0.2) is 0 Å². The molecule has 0 bridgehead atoms. The summed E-state index contributed by atoms with van der Waals surface area (Å²) in [6.45, 7) is 0.120. The van der Waals surface area contributed by atoms with E-state index in [4.69, 9.17) is 0 Å². The largest absolute Gasteiger partial charge is 0.322 e. The molecular weight excluding hydrogens is 298 g/mol. The fourth-order valence-corrected chi connectivity index (χ4v) is 3.11. The molecule has 3 rings (SSSR count). The topological polar surface area (TPSA) is 32.3 Å². The molecule has 0 fully saturated rings. The molecule has 0 aliphatic heterocycles. The quantitative estimate of drug-likeness (QED) is 0.936. The second-order valence-electron chi connectivity index (χ2n) is 5.84. The number of nitrogens with one attached hydrogen (secondary N) is 1. The van der Waals surface area contributed by atoms with Crippen molar-refractivity contribution in [2.24, 2.45) is 0 Å². The minimum atomic E-state index is -0.645. The Hall–Kier alpha value is -2.27. The number of hydrogen-bond acceptors (Lipinski definition) is 2. The summed E-state index contributed by atoms with van der Waals surface area (Å²) in [5, 5.41) is 2.43. The van der Waals surface area contributed by atoms with Crippen LogP contribution >= 0.6 is 0 Å². The van der Waals surface area contributed by atoms with Crippen LogP contribution < -0.4 is 5.32 Å². The van der Waals surface area contributed by atoms with E-state index in [9.17, 15) is 13.6 Å². The van der Waals surface area contributed by atoms with Crippen LogP contribution in [0.3, 0.4) is 0 Å². The monoisotopic (exact) mass is 316 g/mol. The van der Waals surface area contributed by atoms with Gasteiger partial charge in [0.2, 0.25) is 5.91 Å². The second-order valence-corrected chi connectivity index (χ2v) is 5.84. The number of fused-ring (bicyclic) bond motifs is 1. The second kappa shape index (κ2) is 6.46. The van der Waals surface area contributed by atoms with Crippen LogP contribution in [0.4, 0.5) is 14.5 Å². The summed E-state index contributed by atoms with van der Waals surface area (Å²) < 4.78 is 26.7. The number of anilines is 1. The SMILES string of the molecule is CN(CC(=O)Nc1cc(F)ccc1F)C1CCc2ccccc21. The van der Waals surface area contributed by atoms with Crippen LogP contribution in [-0.4, -0.2) is 24.4 Å². The van der Waals surface area contributed by atoms with Crippen LogP contribution in [0.25, 0.3) is 0 Å². The van der Waals surface area contributed by atoms with E-state index in [0.717, 1.165) is 31.0 Å². The predicted molar refractivity (Wildman–Crippen MR) is 85.1 cm³/mol. The Morgan fingerprint density at radius 3 is 2.87 bits per heavy atom. The maximum Gasteiger partial charge on any atom is 0.238 e. The molecule has 0 radical (unpaired) electrons. The third kappa shape index (κ3) is 3.40. The minimum absolute atomic E-state index is 0.120. The summed E-state index contributed by atoms with van der Waals surface area (Å²) in [5.74, 6) is -1.59. The fraction of sp³-hybridized carbons (Fsp3) is 0.278. The van der Waals surface area contributed by atoms with Crippen molar-refractivity contribution >= 4 is 11.6 Å². The van der Waals surface area contributed by atoms with E-state index in [1.54, 1.807) is 0 Å². The summed E-state index contributed by atoms with van der Waals surface area (Å²) in [6, 6.07) is 11.4. The standard InChI is InChI=1S/C18H18F2N2O/c1-22(17-9-6-12-4-2-3-5-14(12)17)11-18(23)21-16-10-13(19)7-8-15(16)20/h2-5,7-8,10,17H,6,9,11H2,1H3,(H,21,23). The molecule has 0 heterocycles. The molecule has 0 spiro atoms. The third-order valence-electron chi connectivity index (χ3n) is 4.23. The highest BCUT2D eigenvalue weighted by molar-refractivity contribution is 5.92. The summed E-state index contributed by atoms with van der Waals surface area (Å²) in [7, 11) is 1.87. The number of nitrogens with zero attached hydrogens (tertiary/aromatic N) is 1. The summed E-state index contributed by atoms with van der Waals surface area (Å²) in [5.41, 5.74) is 2.41. The lowest BCUT2D eigenvalue weighted by Crippen LogP contribution is -2.32. The van der Waals surface area contributed by atoms with Crippen LogP contribution in [0.15, 0.2) is 42.5 Å². The first kappa shape index (κ1) is 15.6. The highest BCUT2D eigenvalue weighted by atomic mass is 19.1. The first-order valence-electron chi connectivity index (χ1n) is 7.57. The van der Waals surface area contributed by atoms with E-state index in [0.29, 0.717) is 0 Å². The molecule has 23 heavy (non-hydrogen) atoms. The molecule has 120 valence electrons. The van der Waals surface area contributed by atoms with Crippen molar-refractivity contribution in [2.45, 2.75) is 18.9 Å².